The number of fused-ring (bicyclic) bond motifs is 1. The highest BCUT2D eigenvalue weighted by molar-refractivity contribution is 5.42. The van der Waals surface area contributed by atoms with Crippen molar-refractivity contribution in [3.63, 3.8) is 0 Å². The summed E-state index contributed by atoms with van der Waals surface area (Å²) in [6.45, 7) is 9.10. The average Bonchev–Trinajstić information content (AvgIpc) is 2.15. The van der Waals surface area contributed by atoms with Crippen LogP contribution in [0.3, 0.4) is 0 Å². The van der Waals surface area contributed by atoms with Crippen LogP contribution in [-0.4, -0.2) is 6.04 Å². The summed E-state index contributed by atoms with van der Waals surface area (Å²) in [5.74, 6) is 0. The van der Waals surface area contributed by atoms with Gasteiger partial charge in [0.1, 0.15) is 0 Å². The molecule has 1 aromatic carbocycles. The largest absolute Gasteiger partial charge is 0.327 e. The number of rotatable bonds is 0. The van der Waals surface area contributed by atoms with E-state index in [2.05, 4.69) is 52.0 Å². The number of hydrogen-bond donors (Lipinski definition) is 1. The molecule has 0 aromatic heterocycles. The van der Waals surface area contributed by atoms with Gasteiger partial charge in [0.2, 0.25) is 0 Å². The first kappa shape index (κ1) is 10.7. The van der Waals surface area contributed by atoms with Gasteiger partial charge in [-0.15, -0.1) is 0 Å². The van der Waals surface area contributed by atoms with Gasteiger partial charge in [-0.1, -0.05) is 52.0 Å². The lowest BCUT2D eigenvalue weighted by molar-refractivity contribution is 0.284. The third-order valence-corrected chi connectivity index (χ3v) is 4.01. The molecule has 2 rings (SSSR count). The molecule has 0 radical (unpaired) electrons. The molecule has 1 unspecified atom stereocenters. The van der Waals surface area contributed by atoms with E-state index in [1.807, 2.05) is 0 Å². The molecule has 0 heterocycles. The van der Waals surface area contributed by atoms with Crippen molar-refractivity contribution in [1.82, 2.24) is 0 Å². The second kappa shape index (κ2) is 3.08. The van der Waals surface area contributed by atoms with Gasteiger partial charge in [0.05, 0.1) is 0 Å². The average molecular weight is 203 g/mol. The van der Waals surface area contributed by atoms with Crippen molar-refractivity contribution in [1.29, 1.82) is 0 Å². The fourth-order valence-electron chi connectivity index (χ4n) is 2.75. The first-order valence-corrected chi connectivity index (χ1v) is 5.71. The molecule has 0 bridgehead atoms. The van der Waals surface area contributed by atoms with Gasteiger partial charge in [-0.05, 0) is 23.0 Å². The van der Waals surface area contributed by atoms with Crippen molar-refractivity contribution in [2.24, 2.45) is 5.73 Å². The molecule has 0 spiro atoms. The van der Waals surface area contributed by atoms with Crippen LogP contribution in [0.1, 0.15) is 45.2 Å². The van der Waals surface area contributed by atoms with Gasteiger partial charge in [0.15, 0.2) is 0 Å². The molecular formula is C14H21N. The second-order valence-electron chi connectivity index (χ2n) is 5.96. The minimum absolute atomic E-state index is 0.103. The van der Waals surface area contributed by atoms with Crippen LogP contribution in [0.25, 0.3) is 0 Å². The van der Waals surface area contributed by atoms with E-state index in [-0.39, 0.29) is 16.9 Å². The molecule has 0 saturated carbocycles. The van der Waals surface area contributed by atoms with E-state index in [1.54, 1.807) is 0 Å². The molecule has 1 aliphatic rings. The smallest absolute Gasteiger partial charge is 0.0139 e. The third-order valence-electron chi connectivity index (χ3n) is 4.01. The van der Waals surface area contributed by atoms with Gasteiger partial charge in [0, 0.05) is 11.5 Å². The van der Waals surface area contributed by atoms with E-state index in [4.69, 9.17) is 5.73 Å². The first-order valence-electron chi connectivity index (χ1n) is 5.71. The standard InChI is InChI=1S/C14H21N/c1-13(2)9-12(15)14(3,4)11-8-6-5-7-10(11)13/h5-8,12H,9,15H2,1-4H3. The minimum Gasteiger partial charge on any atom is -0.327 e. The van der Waals surface area contributed by atoms with E-state index < -0.39 is 0 Å². The summed E-state index contributed by atoms with van der Waals surface area (Å²) in [5.41, 5.74) is 9.51. The van der Waals surface area contributed by atoms with Gasteiger partial charge in [-0.2, -0.15) is 0 Å². The third kappa shape index (κ3) is 1.50. The molecule has 0 amide bonds. The molecular weight excluding hydrogens is 182 g/mol. The van der Waals surface area contributed by atoms with Crippen LogP contribution < -0.4 is 5.73 Å². The van der Waals surface area contributed by atoms with Crippen molar-refractivity contribution in [3.8, 4) is 0 Å². The Hall–Kier alpha value is -0.820. The molecule has 2 N–H and O–H groups in total. The number of hydrogen-bond acceptors (Lipinski definition) is 1. The molecule has 1 heteroatoms. The maximum atomic E-state index is 6.30. The van der Waals surface area contributed by atoms with Gasteiger partial charge in [0.25, 0.3) is 0 Å². The Bertz CT molecular complexity index is 377. The van der Waals surface area contributed by atoms with E-state index in [0.717, 1.165) is 6.42 Å². The SMILES string of the molecule is CC1(C)CC(N)C(C)(C)c2ccccc21. The second-order valence-corrected chi connectivity index (χ2v) is 5.96. The van der Waals surface area contributed by atoms with Crippen molar-refractivity contribution in [2.45, 2.75) is 51.0 Å². The highest BCUT2D eigenvalue weighted by Crippen LogP contribution is 2.44. The molecule has 0 fully saturated rings. The molecule has 0 saturated heterocycles. The Balaban J connectivity index is 2.64. The van der Waals surface area contributed by atoms with Crippen molar-refractivity contribution < 1.29 is 0 Å². The van der Waals surface area contributed by atoms with E-state index in [0.29, 0.717) is 0 Å². The predicted octanol–water partition coefficient (Wildman–Crippen LogP) is 2.97. The summed E-state index contributed by atoms with van der Waals surface area (Å²) in [6.07, 6.45) is 1.07. The number of nitrogens with two attached hydrogens (primary N) is 1. The Morgan fingerprint density at radius 1 is 1.07 bits per heavy atom. The van der Waals surface area contributed by atoms with Crippen LogP contribution >= 0.6 is 0 Å². The highest BCUT2D eigenvalue weighted by Gasteiger charge is 2.41. The van der Waals surface area contributed by atoms with Crippen LogP contribution in [0.2, 0.25) is 0 Å². The number of benzene rings is 1. The molecule has 15 heavy (non-hydrogen) atoms. The lowest BCUT2D eigenvalue weighted by Crippen LogP contribution is -2.49. The van der Waals surface area contributed by atoms with E-state index in [9.17, 15) is 0 Å². The molecule has 1 nitrogen and oxygen atoms in total. The van der Waals surface area contributed by atoms with Gasteiger partial charge < -0.3 is 5.73 Å². The zero-order chi connectivity index (χ0) is 11.3. The lowest BCUT2D eigenvalue weighted by atomic mass is 9.61. The summed E-state index contributed by atoms with van der Waals surface area (Å²) in [4.78, 5) is 0. The van der Waals surface area contributed by atoms with Gasteiger partial charge >= 0.3 is 0 Å². The molecule has 1 aromatic rings. The highest BCUT2D eigenvalue weighted by atomic mass is 14.7. The lowest BCUT2D eigenvalue weighted by Gasteiger charge is -2.46. The first-order chi connectivity index (χ1) is 6.86. The van der Waals surface area contributed by atoms with Crippen LogP contribution in [0.15, 0.2) is 24.3 Å². The molecule has 1 atom stereocenters. The quantitative estimate of drug-likeness (QED) is 0.689. The van der Waals surface area contributed by atoms with Crippen LogP contribution in [-0.2, 0) is 10.8 Å². The Labute approximate surface area is 92.7 Å². The zero-order valence-corrected chi connectivity index (χ0v) is 10.2. The summed E-state index contributed by atoms with van der Waals surface area (Å²) in [5, 5.41) is 0. The monoisotopic (exact) mass is 203 g/mol. The van der Waals surface area contributed by atoms with Crippen LogP contribution in [0, 0.1) is 0 Å². The van der Waals surface area contributed by atoms with Crippen molar-refractivity contribution >= 4 is 0 Å². The van der Waals surface area contributed by atoms with Crippen molar-refractivity contribution in [2.75, 3.05) is 0 Å². The Kier molecular flexibility index (Phi) is 2.20. The zero-order valence-electron chi connectivity index (χ0n) is 10.2. The fourth-order valence-corrected chi connectivity index (χ4v) is 2.75. The maximum Gasteiger partial charge on any atom is 0.0139 e. The van der Waals surface area contributed by atoms with E-state index in [1.165, 1.54) is 11.1 Å². The normalized spacial score (nSPS) is 27.1. The Morgan fingerprint density at radius 2 is 1.60 bits per heavy atom. The summed E-state index contributed by atoms with van der Waals surface area (Å²) in [7, 11) is 0. The fraction of sp³-hybridized carbons (Fsp3) is 0.571. The maximum absolute atomic E-state index is 6.30. The summed E-state index contributed by atoms with van der Waals surface area (Å²) < 4.78 is 0. The van der Waals surface area contributed by atoms with Crippen molar-refractivity contribution in [3.05, 3.63) is 35.4 Å². The van der Waals surface area contributed by atoms with E-state index >= 15 is 0 Å². The van der Waals surface area contributed by atoms with Gasteiger partial charge in [-0.3, -0.25) is 0 Å². The predicted molar refractivity (Wildman–Crippen MR) is 65.1 cm³/mol. The summed E-state index contributed by atoms with van der Waals surface area (Å²) in [6, 6.07) is 8.99. The topological polar surface area (TPSA) is 26.0 Å². The van der Waals surface area contributed by atoms with Crippen LogP contribution in [0.5, 0.6) is 0 Å². The molecule has 1 aliphatic carbocycles. The molecule has 82 valence electrons. The minimum atomic E-state index is 0.103. The molecule has 0 aliphatic heterocycles. The van der Waals surface area contributed by atoms with Gasteiger partial charge in [-0.25, -0.2) is 0 Å². The summed E-state index contributed by atoms with van der Waals surface area (Å²) >= 11 is 0. The van der Waals surface area contributed by atoms with Crippen LogP contribution in [0.4, 0.5) is 0 Å². The Morgan fingerprint density at radius 3 is 2.20 bits per heavy atom.